The summed E-state index contributed by atoms with van der Waals surface area (Å²) in [6.07, 6.45) is 10.1. The van der Waals surface area contributed by atoms with Crippen molar-refractivity contribution in [2.75, 3.05) is 32.8 Å². The topological polar surface area (TPSA) is 90.4 Å². The fourth-order valence-corrected chi connectivity index (χ4v) is 5.95. The zero-order chi connectivity index (χ0) is 23.8. The van der Waals surface area contributed by atoms with Gasteiger partial charge in [0.15, 0.2) is 0 Å². The van der Waals surface area contributed by atoms with E-state index in [-0.39, 0.29) is 30.4 Å². The summed E-state index contributed by atoms with van der Waals surface area (Å²) >= 11 is 0. The first-order chi connectivity index (χ1) is 15.9. The summed E-state index contributed by atoms with van der Waals surface area (Å²) in [6, 6.07) is -0.797. The Labute approximate surface area is 196 Å². The van der Waals surface area contributed by atoms with E-state index in [1.807, 2.05) is 45.1 Å². The number of carbonyl (C=O) groups excluding carboxylic acids is 3. The molecule has 3 amide bonds. The summed E-state index contributed by atoms with van der Waals surface area (Å²) in [6.45, 7) is 8.09. The molecule has 0 radical (unpaired) electrons. The zero-order valence-corrected chi connectivity index (χ0v) is 20.0. The number of amides is 3. The highest BCUT2D eigenvalue weighted by Gasteiger charge is 2.71. The van der Waals surface area contributed by atoms with Crippen LogP contribution in [0.4, 0.5) is 0 Å². The van der Waals surface area contributed by atoms with Gasteiger partial charge in [-0.1, -0.05) is 31.2 Å². The van der Waals surface area contributed by atoms with E-state index in [0.29, 0.717) is 39.0 Å². The summed E-state index contributed by atoms with van der Waals surface area (Å²) in [5.74, 6) is -1.69. The van der Waals surface area contributed by atoms with Crippen LogP contribution in [0.1, 0.15) is 46.5 Å². The van der Waals surface area contributed by atoms with Crippen molar-refractivity contribution in [2.45, 2.75) is 70.2 Å². The molecule has 1 spiro atoms. The lowest BCUT2D eigenvalue weighted by Crippen LogP contribution is -2.56. The van der Waals surface area contributed by atoms with E-state index in [1.165, 1.54) is 0 Å². The highest BCUT2D eigenvalue weighted by atomic mass is 16.5. The SMILES string of the molecule is CCCN1CC=C[C@@H]2O[C@]34C=CCN(C(C)C)C(=O)C3N(CCCCCO)C(=O)[C@@H]4[C@@H]2C1=O. The second-order valence-electron chi connectivity index (χ2n) is 9.86. The Hall–Kier alpha value is -2.19. The third-order valence-electron chi connectivity index (χ3n) is 7.45. The molecule has 0 aromatic heterocycles. The van der Waals surface area contributed by atoms with Gasteiger partial charge in [0.1, 0.15) is 11.6 Å². The monoisotopic (exact) mass is 459 g/mol. The molecule has 0 aliphatic carbocycles. The van der Waals surface area contributed by atoms with Crippen LogP contribution in [0.25, 0.3) is 0 Å². The second-order valence-corrected chi connectivity index (χ2v) is 9.86. The molecule has 2 saturated heterocycles. The Morgan fingerprint density at radius 1 is 1.06 bits per heavy atom. The van der Waals surface area contributed by atoms with E-state index in [9.17, 15) is 14.4 Å². The first kappa shape index (κ1) is 24.0. The van der Waals surface area contributed by atoms with Crippen molar-refractivity contribution in [3.8, 4) is 0 Å². The molecule has 33 heavy (non-hydrogen) atoms. The summed E-state index contributed by atoms with van der Waals surface area (Å²) in [5, 5.41) is 9.14. The highest BCUT2D eigenvalue weighted by molar-refractivity contribution is 5.99. The van der Waals surface area contributed by atoms with Crippen LogP contribution in [-0.4, -0.2) is 94.1 Å². The van der Waals surface area contributed by atoms with Crippen LogP contribution < -0.4 is 0 Å². The van der Waals surface area contributed by atoms with Gasteiger partial charge in [-0.05, 0) is 39.5 Å². The lowest BCUT2D eigenvalue weighted by atomic mass is 9.77. The number of carbonyl (C=O) groups is 3. The quantitative estimate of drug-likeness (QED) is 0.437. The molecule has 5 atom stereocenters. The van der Waals surface area contributed by atoms with E-state index < -0.39 is 29.6 Å². The van der Waals surface area contributed by atoms with Crippen LogP contribution in [0.5, 0.6) is 0 Å². The molecule has 4 heterocycles. The number of aliphatic hydroxyl groups is 1. The molecule has 4 aliphatic rings. The second kappa shape index (κ2) is 9.58. The van der Waals surface area contributed by atoms with Crippen molar-refractivity contribution in [1.82, 2.24) is 14.7 Å². The lowest BCUT2D eigenvalue weighted by molar-refractivity contribution is -0.149. The molecular formula is C25H37N3O5. The highest BCUT2D eigenvalue weighted by Crippen LogP contribution is 2.53. The first-order valence-electron chi connectivity index (χ1n) is 12.4. The summed E-state index contributed by atoms with van der Waals surface area (Å²) in [5.41, 5.74) is -1.14. The lowest BCUT2D eigenvalue weighted by Gasteiger charge is -2.36. The number of ether oxygens (including phenoxy) is 1. The molecule has 1 unspecified atom stereocenters. The molecule has 1 N–H and O–H groups in total. The molecule has 4 aliphatic heterocycles. The van der Waals surface area contributed by atoms with Gasteiger partial charge in [-0.25, -0.2) is 0 Å². The predicted octanol–water partition coefficient (Wildman–Crippen LogP) is 1.34. The molecule has 2 fully saturated rings. The van der Waals surface area contributed by atoms with Gasteiger partial charge in [0.05, 0.1) is 17.9 Å². The maximum absolute atomic E-state index is 13.9. The van der Waals surface area contributed by atoms with Crippen LogP contribution in [0.15, 0.2) is 24.3 Å². The van der Waals surface area contributed by atoms with Crippen LogP contribution in [0.2, 0.25) is 0 Å². The number of aliphatic hydroxyl groups excluding tert-OH is 1. The van der Waals surface area contributed by atoms with Crippen molar-refractivity contribution < 1.29 is 24.2 Å². The van der Waals surface area contributed by atoms with Crippen molar-refractivity contribution in [3.05, 3.63) is 24.3 Å². The third-order valence-corrected chi connectivity index (χ3v) is 7.45. The molecule has 8 heteroatoms. The summed E-state index contributed by atoms with van der Waals surface area (Å²) in [7, 11) is 0. The maximum atomic E-state index is 13.9. The van der Waals surface area contributed by atoms with E-state index in [4.69, 9.17) is 9.84 Å². The average Bonchev–Trinajstić information content (AvgIpc) is 3.09. The van der Waals surface area contributed by atoms with E-state index in [2.05, 4.69) is 0 Å². The normalized spacial score (nSPS) is 33.5. The smallest absolute Gasteiger partial charge is 0.249 e. The molecule has 0 aromatic rings. The Morgan fingerprint density at radius 3 is 2.55 bits per heavy atom. The molecule has 0 saturated carbocycles. The molecule has 0 bridgehead atoms. The van der Waals surface area contributed by atoms with Gasteiger partial charge in [-0.2, -0.15) is 0 Å². The standard InChI is InChI=1S/C25H37N3O5/c1-4-12-26-13-8-10-18-19(22(26)30)20-23(31)28(14-6-5-7-16-29)21-24(32)27(17(2)3)15-9-11-25(20,21)33-18/h8-11,17-21,29H,4-7,12-16H2,1-3H3/t18-,19+,20-,21?,25-/m0/s1. The van der Waals surface area contributed by atoms with Gasteiger partial charge in [0, 0.05) is 38.8 Å². The van der Waals surface area contributed by atoms with E-state index >= 15 is 0 Å². The van der Waals surface area contributed by atoms with Gasteiger partial charge >= 0.3 is 0 Å². The van der Waals surface area contributed by atoms with E-state index in [1.54, 1.807) is 14.7 Å². The van der Waals surface area contributed by atoms with Gasteiger partial charge in [0.2, 0.25) is 17.7 Å². The van der Waals surface area contributed by atoms with Crippen LogP contribution in [0.3, 0.4) is 0 Å². The Morgan fingerprint density at radius 2 is 1.85 bits per heavy atom. The molecule has 4 rings (SSSR count). The summed E-state index contributed by atoms with van der Waals surface area (Å²) in [4.78, 5) is 46.6. The Balaban J connectivity index is 1.75. The largest absolute Gasteiger partial charge is 0.396 e. The molecule has 182 valence electrons. The Kier molecular flexibility index (Phi) is 6.96. The number of unbranched alkanes of at least 4 members (excludes halogenated alkanes) is 2. The number of rotatable bonds is 8. The van der Waals surface area contributed by atoms with Gasteiger partial charge < -0.3 is 24.5 Å². The van der Waals surface area contributed by atoms with Crippen LogP contribution >= 0.6 is 0 Å². The van der Waals surface area contributed by atoms with Crippen molar-refractivity contribution in [2.24, 2.45) is 11.8 Å². The fourth-order valence-electron chi connectivity index (χ4n) is 5.95. The summed E-state index contributed by atoms with van der Waals surface area (Å²) < 4.78 is 6.59. The number of fused-ring (bicyclic) bond motifs is 2. The Bertz CT molecular complexity index is 840. The first-order valence-corrected chi connectivity index (χ1v) is 12.4. The minimum atomic E-state index is -1.14. The van der Waals surface area contributed by atoms with E-state index in [0.717, 1.165) is 12.8 Å². The van der Waals surface area contributed by atoms with Gasteiger partial charge in [0.25, 0.3) is 0 Å². The minimum absolute atomic E-state index is 0.0175. The molecular weight excluding hydrogens is 422 g/mol. The zero-order valence-electron chi connectivity index (χ0n) is 20.0. The number of likely N-dealkylation sites (tertiary alicyclic amines) is 1. The number of hydrogen-bond donors (Lipinski definition) is 1. The molecule has 8 nitrogen and oxygen atoms in total. The predicted molar refractivity (Wildman–Crippen MR) is 123 cm³/mol. The minimum Gasteiger partial charge on any atom is -0.396 e. The number of hydrogen-bond acceptors (Lipinski definition) is 5. The fraction of sp³-hybridized carbons (Fsp3) is 0.720. The third kappa shape index (κ3) is 3.91. The van der Waals surface area contributed by atoms with Crippen LogP contribution in [-0.2, 0) is 19.1 Å². The maximum Gasteiger partial charge on any atom is 0.249 e. The molecule has 0 aromatic carbocycles. The van der Waals surface area contributed by atoms with Gasteiger partial charge in [-0.3, -0.25) is 14.4 Å². The van der Waals surface area contributed by atoms with Crippen molar-refractivity contribution in [3.63, 3.8) is 0 Å². The van der Waals surface area contributed by atoms with Crippen molar-refractivity contribution >= 4 is 17.7 Å². The van der Waals surface area contributed by atoms with Crippen molar-refractivity contribution in [1.29, 1.82) is 0 Å². The van der Waals surface area contributed by atoms with Gasteiger partial charge in [-0.15, -0.1) is 0 Å². The average molecular weight is 460 g/mol. The van der Waals surface area contributed by atoms with Crippen LogP contribution in [0, 0.1) is 11.8 Å². The number of nitrogens with zero attached hydrogens (tertiary/aromatic N) is 3.